The van der Waals surface area contributed by atoms with Gasteiger partial charge in [0, 0.05) is 18.8 Å². The number of nitrogens with zero attached hydrogens (tertiary/aromatic N) is 1. The first-order valence-electron chi connectivity index (χ1n) is 10.1. The van der Waals surface area contributed by atoms with Crippen molar-refractivity contribution in [3.05, 3.63) is 71.8 Å². The molecule has 0 bridgehead atoms. The van der Waals surface area contributed by atoms with E-state index in [1.807, 2.05) is 48.5 Å². The largest absolute Gasteiger partial charge is 0.507 e. The number of anilines is 1. The molecule has 6 nitrogen and oxygen atoms in total. The van der Waals surface area contributed by atoms with E-state index in [1.54, 1.807) is 12.1 Å². The van der Waals surface area contributed by atoms with E-state index < -0.39 is 0 Å². The van der Waals surface area contributed by atoms with Gasteiger partial charge >= 0.3 is 0 Å². The number of phenols is 1. The van der Waals surface area contributed by atoms with Gasteiger partial charge in [0.1, 0.15) is 5.75 Å². The number of hydrogen-bond donors (Lipinski definition) is 3. The van der Waals surface area contributed by atoms with Crippen LogP contribution in [0.4, 0.5) is 5.69 Å². The zero-order valence-corrected chi connectivity index (χ0v) is 16.7. The minimum Gasteiger partial charge on any atom is -0.507 e. The normalized spacial score (nSPS) is 17.0. The van der Waals surface area contributed by atoms with E-state index >= 15 is 0 Å². The Morgan fingerprint density at radius 3 is 2.47 bits per heavy atom. The van der Waals surface area contributed by atoms with Crippen molar-refractivity contribution in [1.82, 2.24) is 4.90 Å². The Labute approximate surface area is 175 Å². The molecule has 0 saturated carbocycles. The van der Waals surface area contributed by atoms with Crippen molar-refractivity contribution in [2.45, 2.75) is 19.4 Å². The fourth-order valence-electron chi connectivity index (χ4n) is 3.99. The lowest BCUT2D eigenvalue weighted by Gasteiger charge is -2.31. The summed E-state index contributed by atoms with van der Waals surface area (Å²) in [7, 11) is 0. The molecular weight excluding hydrogens is 378 g/mol. The molecule has 0 aliphatic carbocycles. The monoisotopic (exact) mass is 403 g/mol. The van der Waals surface area contributed by atoms with Gasteiger partial charge in [0.05, 0.1) is 11.5 Å². The third-order valence-electron chi connectivity index (χ3n) is 5.63. The first-order valence-corrected chi connectivity index (χ1v) is 10.1. The van der Waals surface area contributed by atoms with Gasteiger partial charge < -0.3 is 16.2 Å². The van der Waals surface area contributed by atoms with Gasteiger partial charge in [0.2, 0.25) is 5.91 Å². The van der Waals surface area contributed by atoms with Gasteiger partial charge in [0.25, 0.3) is 5.91 Å². The fourth-order valence-corrected chi connectivity index (χ4v) is 3.99. The Balaban J connectivity index is 1.42. The molecule has 0 aromatic heterocycles. The lowest BCUT2D eigenvalue weighted by atomic mass is 9.97. The summed E-state index contributed by atoms with van der Waals surface area (Å²) in [4.78, 5) is 26.3. The summed E-state index contributed by atoms with van der Waals surface area (Å²) >= 11 is 0. The Morgan fingerprint density at radius 2 is 1.77 bits per heavy atom. The third-order valence-corrected chi connectivity index (χ3v) is 5.63. The van der Waals surface area contributed by atoms with Crippen LogP contribution in [0.5, 0.6) is 5.75 Å². The van der Waals surface area contributed by atoms with Crippen LogP contribution in [-0.4, -0.2) is 34.9 Å². The molecule has 1 heterocycles. The molecule has 4 N–H and O–H groups in total. The van der Waals surface area contributed by atoms with Crippen molar-refractivity contribution in [2.24, 2.45) is 11.7 Å². The number of nitrogens with one attached hydrogen (secondary N) is 1. The lowest BCUT2D eigenvalue weighted by Crippen LogP contribution is -2.40. The maximum atomic E-state index is 12.7. The first kappa shape index (κ1) is 19.9. The maximum absolute atomic E-state index is 12.7. The summed E-state index contributed by atoms with van der Waals surface area (Å²) in [5, 5.41) is 14.9. The topological polar surface area (TPSA) is 95.7 Å². The number of likely N-dealkylation sites (tertiary alicyclic amines) is 1. The number of rotatable bonds is 5. The first-order chi connectivity index (χ1) is 14.5. The van der Waals surface area contributed by atoms with Gasteiger partial charge in [-0.25, -0.2) is 0 Å². The minimum absolute atomic E-state index is 0.0445. The molecule has 2 amide bonds. The summed E-state index contributed by atoms with van der Waals surface area (Å²) < 4.78 is 0. The SMILES string of the molecule is NC(=O)C1CCCN(Cc2ccc(NC(=O)c3cc4ccccc4cc3O)cc2)C1. The van der Waals surface area contributed by atoms with Crippen molar-refractivity contribution in [3.8, 4) is 5.75 Å². The molecule has 0 spiro atoms. The third kappa shape index (κ3) is 4.44. The van der Waals surface area contributed by atoms with Gasteiger partial charge in [-0.15, -0.1) is 0 Å². The van der Waals surface area contributed by atoms with Crippen LogP contribution < -0.4 is 11.1 Å². The number of primary amides is 1. The molecule has 3 aromatic carbocycles. The number of aromatic hydroxyl groups is 1. The van der Waals surface area contributed by atoms with Crippen LogP contribution in [0.1, 0.15) is 28.8 Å². The van der Waals surface area contributed by atoms with Crippen molar-refractivity contribution in [2.75, 3.05) is 18.4 Å². The maximum Gasteiger partial charge on any atom is 0.259 e. The minimum atomic E-state index is -0.355. The Morgan fingerprint density at radius 1 is 1.07 bits per heavy atom. The van der Waals surface area contributed by atoms with Crippen LogP contribution in [0.15, 0.2) is 60.7 Å². The molecule has 1 atom stereocenters. The fraction of sp³-hybridized carbons (Fsp3) is 0.250. The number of hydrogen-bond acceptors (Lipinski definition) is 4. The van der Waals surface area contributed by atoms with E-state index in [9.17, 15) is 14.7 Å². The van der Waals surface area contributed by atoms with Crippen molar-refractivity contribution in [1.29, 1.82) is 0 Å². The highest BCUT2D eigenvalue weighted by molar-refractivity contribution is 6.08. The van der Waals surface area contributed by atoms with Crippen LogP contribution in [0.3, 0.4) is 0 Å². The number of fused-ring (bicyclic) bond motifs is 1. The molecule has 3 aromatic rings. The summed E-state index contributed by atoms with van der Waals surface area (Å²) in [6.07, 6.45) is 1.83. The number of carbonyl (C=O) groups is 2. The van der Waals surface area contributed by atoms with Crippen molar-refractivity contribution < 1.29 is 14.7 Å². The van der Waals surface area contributed by atoms with E-state index in [2.05, 4.69) is 10.2 Å². The second kappa shape index (κ2) is 8.55. The molecular formula is C24H25N3O3. The average molecular weight is 403 g/mol. The van der Waals surface area contributed by atoms with Gasteiger partial charge in [0.15, 0.2) is 0 Å². The highest BCUT2D eigenvalue weighted by Crippen LogP contribution is 2.26. The van der Waals surface area contributed by atoms with Crippen LogP contribution in [0.25, 0.3) is 10.8 Å². The number of piperidine rings is 1. The molecule has 1 aliphatic rings. The molecule has 1 unspecified atom stereocenters. The second-order valence-corrected chi connectivity index (χ2v) is 7.84. The molecule has 154 valence electrons. The number of carbonyl (C=O) groups excluding carboxylic acids is 2. The predicted molar refractivity (Wildman–Crippen MR) is 117 cm³/mol. The zero-order valence-electron chi connectivity index (χ0n) is 16.7. The number of amides is 2. The van der Waals surface area contributed by atoms with Crippen LogP contribution in [0, 0.1) is 5.92 Å². The average Bonchev–Trinajstić information content (AvgIpc) is 2.74. The molecule has 30 heavy (non-hydrogen) atoms. The van der Waals surface area contributed by atoms with Crippen LogP contribution in [-0.2, 0) is 11.3 Å². The number of benzene rings is 3. The molecule has 4 rings (SSSR count). The molecule has 1 saturated heterocycles. The summed E-state index contributed by atoms with van der Waals surface area (Å²) in [6.45, 7) is 2.38. The Bertz CT molecular complexity index is 1080. The highest BCUT2D eigenvalue weighted by atomic mass is 16.3. The van der Waals surface area contributed by atoms with E-state index in [-0.39, 0.29) is 29.0 Å². The zero-order chi connectivity index (χ0) is 21.1. The molecule has 1 fully saturated rings. The van der Waals surface area contributed by atoms with Gasteiger partial charge in [-0.1, -0.05) is 36.4 Å². The van der Waals surface area contributed by atoms with Crippen molar-refractivity contribution >= 4 is 28.3 Å². The summed E-state index contributed by atoms with van der Waals surface area (Å²) in [5.41, 5.74) is 7.45. The van der Waals surface area contributed by atoms with Crippen LogP contribution >= 0.6 is 0 Å². The molecule has 6 heteroatoms. The van der Waals surface area contributed by atoms with Crippen molar-refractivity contribution in [3.63, 3.8) is 0 Å². The second-order valence-electron chi connectivity index (χ2n) is 7.84. The van der Waals surface area contributed by atoms with Gasteiger partial charge in [-0.3, -0.25) is 14.5 Å². The smallest absolute Gasteiger partial charge is 0.259 e. The number of phenolic OH excluding ortho intramolecular Hbond substituents is 1. The predicted octanol–water partition coefficient (Wildman–Crippen LogP) is 3.50. The molecule has 0 radical (unpaired) electrons. The lowest BCUT2D eigenvalue weighted by molar-refractivity contribution is -0.123. The van der Waals surface area contributed by atoms with Gasteiger partial charge in [-0.2, -0.15) is 0 Å². The summed E-state index contributed by atoms with van der Waals surface area (Å²) in [6, 6.07) is 18.5. The van der Waals surface area contributed by atoms with Gasteiger partial charge in [-0.05, 0) is 60.0 Å². The van der Waals surface area contributed by atoms with E-state index in [4.69, 9.17) is 5.73 Å². The Kier molecular flexibility index (Phi) is 5.68. The van der Waals surface area contributed by atoms with E-state index in [0.29, 0.717) is 12.2 Å². The number of nitrogens with two attached hydrogens (primary N) is 1. The van der Waals surface area contributed by atoms with E-state index in [0.717, 1.165) is 42.3 Å². The summed E-state index contributed by atoms with van der Waals surface area (Å²) in [5.74, 6) is -0.704. The van der Waals surface area contributed by atoms with Crippen LogP contribution in [0.2, 0.25) is 0 Å². The quantitative estimate of drug-likeness (QED) is 0.608. The Hall–Kier alpha value is -3.38. The standard InChI is InChI=1S/C24H25N3O3/c25-23(29)19-6-3-11-27(15-19)14-16-7-9-20(10-8-16)26-24(30)21-12-17-4-1-2-5-18(17)13-22(21)28/h1-2,4-5,7-10,12-13,19,28H,3,6,11,14-15H2,(H2,25,29)(H,26,30). The molecule has 1 aliphatic heterocycles. The highest BCUT2D eigenvalue weighted by Gasteiger charge is 2.23. The van der Waals surface area contributed by atoms with E-state index in [1.165, 1.54) is 0 Å².